The molecule has 1 atom stereocenters. The Balaban J connectivity index is 1.61. The summed E-state index contributed by atoms with van der Waals surface area (Å²) >= 11 is 3.59. The van der Waals surface area contributed by atoms with Gasteiger partial charge in [-0.05, 0) is 64.8 Å². The van der Waals surface area contributed by atoms with Crippen molar-refractivity contribution in [1.29, 1.82) is 0 Å². The Morgan fingerprint density at radius 3 is 2.90 bits per heavy atom. The topological polar surface area (TPSA) is 30.5 Å². The summed E-state index contributed by atoms with van der Waals surface area (Å²) in [6.07, 6.45) is 3.77. The summed E-state index contributed by atoms with van der Waals surface area (Å²) in [4.78, 5) is 0. The van der Waals surface area contributed by atoms with Crippen molar-refractivity contribution in [3.8, 4) is 11.5 Å². The summed E-state index contributed by atoms with van der Waals surface area (Å²) in [6.45, 7) is 5.77. The molecule has 1 heterocycles. The van der Waals surface area contributed by atoms with Gasteiger partial charge >= 0.3 is 0 Å². The molecule has 0 saturated heterocycles. The zero-order chi connectivity index (χ0) is 13.9. The van der Waals surface area contributed by atoms with E-state index in [1.165, 1.54) is 18.4 Å². The number of rotatable bonds is 5. The first-order valence-corrected chi connectivity index (χ1v) is 8.32. The van der Waals surface area contributed by atoms with E-state index in [0.29, 0.717) is 0 Å². The molecule has 20 heavy (non-hydrogen) atoms. The van der Waals surface area contributed by atoms with E-state index >= 15 is 0 Å². The quantitative estimate of drug-likeness (QED) is 0.886. The molecule has 1 aromatic carbocycles. The molecule has 1 aliphatic carbocycles. The predicted octanol–water partition coefficient (Wildman–Crippen LogP) is 3.75. The van der Waals surface area contributed by atoms with Crippen LogP contribution in [0.2, 0.25) is 0 Å². The number of ether oxygens (including phenoxy) is 2. The number of fused-ring (bicyclic) bond motifs is 1. The summed E-state index contributed by atoms with van der Waals surface area (Å²) < 4.78 is 12.5. The van der Waals surface area contributed by atoms with Crippen LogP contribution in [0.3, 0.4) is 0 Å². The minimum absolute atomic E-state index is 0.724. The third-order valence-electron chi connectivity index (χ3n) is 4.08. The van der Waals surface area contributed by atoms with Crippen LogP contribution in [-0.2, 0) is 6.54 Å². The zero-order valence-corrected chi connectivity index (χ0v) is 13.5. The summed E-state index contributed by atoms with van der Waals surface area (Å²) in [7, 11) is 0. The van der Waals surface area contributed by atoms with Gasteiger partial charge in [0, 0.05) is 13.0 Å². The van der Waals surface area contributed by atoms with Crippen molar-refractivity contribution in [2.75, 3.05) is 19.8 Å². The van der Waals surface area contributed by atoms with Crippen molar-refractivity contribution in [2.24, 2.45) is 11.8 Å². The minimum atomic E-state index is 0.724. The fourth-order valence-electron chi connectivity index (χ4n) is 2.66. The van der Waals surface area contributed by atoms with Gasteiger partial charge in [0.15, 0.2) is 11.5 Å². The van der Waals surface area contributed by atoms with Gasteiger partial charge in [0.25, 0.3) is 0 Å². The van der Waals surface area contributed by atoms with Crippen LogP contribution in [-0.4, -0.2) is 19.8 Å². The molecule has 4 heteroatoms. The average molecular weight is 340 g/mol. The van der Waals surface area contributed by atoms with Crippen LogP contribution in [0.4, 0.5) is 0 Å². The second kappa shape index (κ2) is 6.35. The number of nitrogens with one attached hydrogen (secondary N) is 1. The van der Waals surface area contributed by atoms with Crippen molar-refractivity contribution in [2.45, 2.75) is 32.7 Å². The third-order valence-corrected chi connectivity index (χ3v) is 4.67. The maximum atomic E-state index is 5.76. The minimum Gasteiger partial charge on any atom is -0.490 e. The molecule has 1 aromatic rings. The highest BCUT2D eigenvalue weighted by molar-refractivity contribution is 9.10. The van der Waals surface area contributed by atoms with Crippen LogP contribution >= 0.6 is 15.9 Å². The van der Waals surface area contributed by atoms with Crippen LogP contribution in [0.5, 0.6) is 11.5 Å². The molecule has 1 unspecified atom stereocenters. The Hall–Kier alpha value is -0.740. The van der Waals surface area contributed by atoms with E-state index in [4.69, 9.17) is 9.47 Å². The lowest BCUT2D eigenvalue weighted by atomic mass is 10.1. The largest absolute Gasteiger partial charge is 0.490 e. The van der Waals surface area contributed by atoms with E-state index < -0.39 is 0 Å². The van der Waals surface area contributed by atoms with Crippen molar-refractivity contribution in [3.63, 3.8) is 0 Å². The molecule has 0 aromatic heterocycles. The molecular formula is C16H22BrNO2. The molecule has 3 rings (SSSR count). The Bertz CT molecular complexity index is 474. The van der Waals surface area contributed by atoms with E-state index in [9.17, 15) is 0 Å². The van der Waals surface area contributed by atoms with Crippen molar-refractivity contribution in [3.05, 3.63) is 22.2 Å². The Kier molecular flexibility index (Phi) is 4.51. The highest BCUT2D eigenvalue weighted by Gasteiger charge is 2.27. The van der Waals surface area contributed by atoms with Crippen molar-refractivity contribution >= 4 is 15.9 Å². The van der Waals surface area contributed by atoms with Crippen LogP contribution < -0.4 is 14.8 Å². The molecule has 1 fully saturated rings. The average Bonchev–Trinajstić information content (AvgIpc) is 3.25. The van der Waals surface area contributed by atoms with Gasteiger partial charge in [0.2, 0.25) is 0 Å². The number of hydrogen-bond donors (Lipinski definition) is 1. The number of benzene rings is 1. The number of halogens is 1. The summed E-state index contributed by atoms with van der Waals surface area (Å²) in [5, 5.41) is 3.56. The maximum Gasteiger partial charge on any atom is 0.175 e. The third kappa shape index (κ3) is 3.47. The van der Waals surface area contributed by atoms with Crippen LogP contribution in [0, 0.1) is 11.8 Å². The van der Waals surface area contributed by atoms with Gasteiger partial charge < -0.3 is 14.8 Å². The molecule has 0 amide bonds. The van der Waals surface area contributed by atoms with Crippen LogP contribution in [0.1, 0.15) is 31.7 Å². The molecule has 3 nitrogen and oxygen atoms in total. The van der Waals surface area contributed by atoms with Gasteiger partial charge in [-0.3, -0.25) is 0 Å². The first-order chi connectivity index (χ1) is 9.74. The molecule has 0 radical (unpaired) electrons. The van der Waals surface area contributed by atoms with Gasteiger partial charge in [0.05, 0.1) is 17.7 Å². The lowest BCUT2D eigenvalue weighted by Gasteiger charge is -2.14. The fourth-order valence-corrected chi connectivity index (χ4v) is 3.27. The van der Waals surface area contributed by atoms with Gasteiger partial charge in [-0.1, -0.05) is 6.92 Å². The second-order valence-electron chi connectivity index (χ2n) is 5.90. The van der Waals surface area contributed by atoms with Gasteiger partial charge in [-0.2, -0.15) is 0 Å². The van der Waals surface area contributed by atoms with Crippen LogP contribution in [0.25, 0.3) is 0 Å². The van der Waals surface area contributed by atoms with Gasteiger partial charge in [-0.25, -0.2) is 0 Å². The number of hydrogen-bond acceptors (Lipinski definition) is 3. The molecule has 1 aliphatic heterocycles. The SMILES string of the molecule is CC(CNCc1cc(Br)c2c(c1)OCCCO2)C1CC1. The first kappa shape index (κ1) is 14.2. The highest BCUT2D eigenvalue weighted by atomic mass is 79.9. The summed E-state index contributed by atoms with van der Waals surface area (Å²) in [6, 6.07) is 4.22. The van der Waals surface area contributed by atoms with Crippen LogP contribution in [0.15, 0.2) is 16.6 Å². The van der Waals surface area contributed by atoms with Gasteiger partial charge in [-0.15, -0.1) is 0 Å². The Labute approximate surface area is 129 Å². The summed E-state index contributed by atoms with van der Waals surface area (Å²) in [5.41, 5.74) is 1.24. The van der Waals surface area contributed by atoms with Crippen molar-refractivity contribution in [1.82, 2.24) is 5.32 Å². The molecule has 0 bridgehead atoms. The van der Waals surface area contributed by atoms with E-state index in [1.54, 1.807) is 0 Å². The zero-order valence-electron chi connectivity index (χ0n) is 12.0. The van der Waals surface area contributed by atoms with Crippen molar-refractivity contribution < 1.29 is 9.47 Å². The molecule has 110 valence electrons. The van der Waals surface area contributed by atoms with E-state index in [-0.39, 0.29) is 0 Å². The summed E-state index contributed by atoms with van der Waals surface area (Å²) in [5.74, 6) is 3.46. The lowest BCUT2D eigenvalue weighted by molar-refractivity contribution is 0.296. The molecule has 2 aliphatic rings. The fraction of sp³-hybridized carbons (Fsp3) is 0.625. The first-order valence-electron chi connectivity index (χ1n) is 7.53. The molecule has 1 saturated carbocycles. The van der Waals surface area contributed by atoms with E-state index in [2.05, 4.69) is 40.3 Å². The smallest absolute Gasteiger partial charge is 0.175 e. The molecule has 1 N–H and O–H groups in total. The lowest BCUT2D eigenvalue weighted by Crippen LogP contribution is -2.21. The predicted molar refractivity (Wildman–Crippen MR) is 83.3 cm³/mol. The normalized spacial score (nSPS) is 19.5. The van der Waals surface area contributed by atoms with Gasteiger partial charge in [0.1, 0.15) is 0 Å². The second-order valence-corrected chi connectivity index (χ2v) is 6.76. The Morgan fingerprint density at radius 2 is 2.10 bits per heavy atom. The molecule has 0 spiro atoms. The standard InChI is InChI=1S/C16H22BrNO2/c1-11(13-3-4-13)9-18-10-12-7-14(17)16-15(8-12)19-5-2-6-20-16/h7-8,11,13,18H,2-6,9-10H2,1H3. The van der Waals surface area contributed by atoms with E-state index in [0.717, 1.165) is 60.5 Å². The highest BCUT2D eigenvalue weighted by Crippen LogP contribution is 2.38. The Morgan fingerprint density at radius 1 is 1.30 bits per heavy atom. The van der Waals surface area contributed by atoms with E-state index in [1.807, 2.05) is 0 Å². The monoisotopic (exact) mass is 339 g/mol. The molecular weight excluding hydrogens is 318 g/mol. The maximum absolute atomic E-state index is 5.76.